The molecule has 0 aromatic rings. The molecule has 0 aromatic heterocycles. The Morgan fingerprint density at radius 2 is 0.413 bits per heavy atom. The summed E-state index contributed by atoms with van der Waals surface area (Å²) >= 11 is 0. The molecule has 0 amide bonds. The number of hydrogen-bond donors (Lipinski definition) is 0. The van der Waals surface area contributed by atoms with E-state index in [4.69, 9.17) is 4.74 Å². The minimum atomic E-state index is -0.320. The average Bonchev–Trinajstić information content (AvgIpc) is 3.05. The minimum Gasteiger partial charge on any atom is -0.393 e. The predicted octanol–water partition coefficient (Wildman–Crippen LogP) is 15.3. The van der Waals surface area contributed by atoms with E-state index in [9.17, 15) is 9.59 Å². The maximum Gasteiger partial charge on any atom is 0.313 e. The Morgan fingerprint density at radius 3 is 0.587 bits per heavy atom. The smallest absolute Gasteiger partial charge is 0.313 e. The van der Waals surface area contributed by atoms with Crippen molar-refractivity contribution in [2.75, 3.05) is 0 Å². The van der Waals surface area contributed by atoms with Gasteiger partial charge in [0.05, 0.1) is 0 Å². The van der Waals surface area contributed by atoms with Gasteiger partial charge in [-0.3, -0.25) is 9.59 Å². The van der Waals surface area contributed by atoms with Crippen LogP contribution in [0.25, 0.3) is 0 Å². The fourth-order valence-corrected chi connectivity index (χ4v) is 6.75. The van der Waals surface area contributed by atoms with Gasteiger partial charge >= 0.3 is 11.9 Å². The summed E-state index contributed by atoms with van der Waals surface area (Å²) in [5.74, 6) is -0.640. The molecule has 0 aliphatic rings. The van der Waals surface area contributed by atoms with Gasteiger partial charge in [0, 0.05) is 12.8 Å². The maximum absolute atomic E-state index is 12.0. The van der Waals surface area contributed by atoms with Crippen LogP contribution in [0.15, 0.2) is 0 Å². The lowest BCUT2D eigenvalue weighted by atomic mass is 10.0. The van der Waals surface area contributed by atoms with Gasteiger partial charge in [-0.1, -0.05) is 239 Å². The lowest BCUT2D eigenvalue weighted by molar-refractivity contribution is -0.159. The Kier molecular flexibility index (Phi) is 39.6. The molecule has 0 aromatic carbocycles. The Balaban J connectivity index is 3.25. The number of rotatable bonds is 39. The topological polar surface area (TPSA) is 43.4 Å². The van der Waals surface area contributed by atoms with E-state index in [2.05, 4.69) is 13.8 Å². The highest BCUT2D eigenvalue weighted by molar-refractivity contribution is 5.85. The summed E-state index contributed by atoms with van der Waals surface area (Å²) < 4.78 is 5.04. The third-order valence-corrected chi connectivity index (χ3v) is 9.95. The molecule has 274 valence electrons. The minimum absolute atomic E-state index is 0.320. The van der Waals surface area contributed by atoms with Gasteiger partial charge in [0.2, 0.25) is 0 Å². The van der Waals surface area contributed by atoms with Crippen molar-refractivity contribution in [2.24, 2.45) is 0 Å². The van der Waals surface area contributed by atoms with E-state index in [1.807, 2.05) is 0 Å². The van der Waals surface area contributed by atoms with E-state index in [-0.39, 0.29) is 11.9 Å². The van der Waals surface area contributed by atoms with E-state index in [1.165, 1.54) is 212 Å². The molecule has 0 heterocycles. The molecule has 0 aliphatic heterocycles. The molecule has 0 saturated carbocycles. The molecular weight excluding hydrogens is 564 g/mol. The number of carbonyl (C=O) groups is 2. The van der Waals surface area contributed by atoms with Gasteiger partial charge in [-0.25, -0.2) is 0 Å². The van der Waals surface area contributed by atoms with E-state index < -0.39 is 0 Å². The zero-order valence-electron chi connectivity index (χ0n) is 31.8. The first kappa shape index (κ1) is 45.1. The quantitative estimate of drug-likeness (QED) is 0.0378. The SMILES string of the molecule is CCCCCCCCCCCCCCCCCCCCCCC(=O)OC(=O)CCCCCCCCCCCCCCCCCCC. The molecule has 0 rings (SSSR count). The summed E-state index contributed by atoms with van der Waals surface area (Å²) in [7, 11) is 0. The summed E-state index contributed by atoms with van der Waals surface area (Å²) in [4.78, 5) is 24.0. The summed E-state index contributed by atoms with van der Waals surface area (Å²) in [6.45, 7) is 4.58. The molecule has 46 heavy (non-hydrogen) atoms. The van der Waals surface area contributed by atoms with Crippen molar-refractivity contribution in [2.45, 2.75) is 264 Å². The monoisotopic (exact) mass is 649 g/mol. The molecule has 0 spiro atoms. The highest BCUT2D eigenvalue weighted by Gasteiger charge is 2.10. The van der Waals surface area contributed by atoms with Gasteiger partial charge in [-0.2, -0.15) is 0 Å². The van der Waals surface area contributed by atoms with Gasteiger partial charge < -0.3 is 4.74 Å². The lowest BCUT2D eigenvalue weighted by Crippen LogP contribution is -2.11. The van der Waals surface area contributed by atoms with Crippen molar-refractivity contribution in [1.82, 2.24) is 0 Å². The number of unbranched alkanes of at least 4 members (excludes halogenated alkanes) is 35. The van der Waals surface area contributed by atoms with Crippen molar-refractivity contribution in [3.8, 4) is 0 Å². The van der Waals surface area contributed by atoms with Crippen LogP contribution >= 0.6 is 0 Å². The normalized spacial score (nSPS) is 11.3. The van der Waals surface area contributed by atoms with Gasteiger partial charge in [-0.15, -0.1) is 0 Å². The second-order valence-corrected chi connectivity index (χ2v) is 14.7. The van der Waals surface area contributed by atoms with Crippen LogP contribution in [-0.2, 0) is 14.3 Å². The summed E-state index contributed by atoms with van der Waals surface area (Å²) in [5.41, 5.74) is 0. The zero-order chi connectivity index (χ0) is 33.4. The summed E-state index contributed by atoms with van der Waals surface area (Å²) in [5, 5.41) is 0. The van der Waals surface area contributed by atoms with E-state index in [1.54, 1.807) is 0 Å². The number of ether oxygens (including phenoxy) is 1. The molecular formula is C43H84O3. The fraction of sp³-hybridized carbons (Fsp3) is 0.953. The van der Waals surface area contributed by atoms with E-state index in [0.717, 1.165) is 25.7 Å². The first-order valence-electron chi connectivity index (χ1n) is 21.4. The molecule has 3 heteroatoms. The Bertz CT molecular complexity index is 601. The number of hydrogen-bond acceptors (Lipinski definition) is 3. The zero-order valence-corrected chi connectivity index (χ0v) is 31.8. The first-order chi connectivity index (χ1) is 22.7. The third kappa shape index (κ3) is 39.3. The molecule has 3 nitrogen and oxygen atoms in total. The Morgan fingerprint density at radius 1 is 0.261 bits per heavy atom. The molecule has 0 N–H and O–H groups in total. The Hall–Kier alpha value is -0.860. The van der Waals surface area contributed by atoms with Crippen LogP contribution in [0.5, 0.6) is 0 Å². The molecule has 0 atom stereocenters. The number of esters is 2. The van der Waals surface area contributed by atoms with Crippen LogP contribution in [0.3, 0.4) is 0 Å². The molecule has 0 radical (unpaired) electrons. The Labute approximate surface area is 290 Å². The van der Waals surface area contributed by atoms with Crippen LogP contribution in [0.2, 0.25) is 0 Å². The van der Waals surface area contributed by atoms with Gasteiger partial charge in [0.15, 0.2) is 0 Å². The van der Waals surface area contributed by atoms with Crippen molar-refractivity contribution < 1.29 is 14.3 Å². The highest BCUT2D eigenvalue weighted by atomic mass is 16.6. The average molecular weight is 649 g/mol. The molecule has 0 bridgehead atoms. The van der Waals surface area contributed by atoms with Crippen LogP contribution in [-0.4, -0.2) is 11.9 Å². The van der Waals surface area contributed by atoms with Crippen LogP contribution in [0, 0.1) is 0 Å². The summed E-state index contributed by atoms with van der Waals surface area (Å²) in [6.07, 6.45) is 50.4. The van der Waals surface area contributed by atoms with Crippen LogP contribution in [0.4, 0.5) is 0 Å². The van der Waals surface area contributed by atoms with Crippen LogP contribution < -0.4 is 0 Å². The van der Waals surface area contributed by atoms with Crippen molar-refractivity contribution in [1.29, 1.82) is 0 Å². The molecule has 0 aliphatic carbocycles. The van der Waals surface area contributed by atoms with Crippen LogP contribution in [0.1, 0.15) is 264 Å². The molecule has 0 fully saturated rings. The predicted molar refractivity (Wildman–Crippen MR) is 203 cm³/mol. The third-order valence-electron chi connectivity index (χ3n) is 9.95. The second-order valence-electron chi connectivity index (χ2n) is 14.7. The van der Waals surface area contributed by atoms with E-state index >= 15 is 0 Å². The largest absolute Gasteiger partial charge is 0.393 e. The second kappa shape index (κ2) is 40.3. The molecule has 0 unspecified atom stereocenters. The lowest BCUT2D eigenvalue weighted by Gasteiger charge is -2.05. The van der Waals surface area contributed by atoms with Crippen molar-refractivity contribution >= 4 is 11.9 Å². The van der Waals surface area contributed by atoms with E-state index in [0.29, 0.717) is 12.8 Å². The first-order valence-corrected chi connectivity index (χ1v) is 21.4. The standard InChI is InChI=1S/C43H84O3/c1-3-5-7-9-11-13-15-17-19-21-22-23-25-27-29-31-33-35-37-39-41-43(45)46-42(44)40-38-36-34-32-30-28-26-24-20-18-16-14-12-10-8-6-4-2/h3-41H2,1-2H3. The summed E-state index contributed by atoms with van der Waals surface area (Å²) in [6, 6.07) is 0. The van der Waals surface area contributed by atoms with Crippen molar-refractivity contribution in [3.63, 3.8) is 0 Å². The number of carbonyl (C=O) groups excluding carboxylic acids is 2. The van der Waals surface area contributed by atoms with Crippen molar-refractivity contribution in [3.05, 3.63) is 0 Å². The van der Waals surface area contributed by atoms with Gasteiger partial charge in [0.25, 0.3) is 0 Å². The van der Waals surface area contributed by atoms with Gasteiger partial charge in [0.1, 0.15) is 0 Å². The highest BCUT2D eigenvalue weighted by Crippen LogP contribution is 2.17. The van der Waals surface area contributed by atoms with Gasteiger partial charge in [-0.05, 0) is 12.8 Å². The maximum atomic E-state index is 12.0. The fourth-order valence-electron chi connectivity index (χ4n) is 6.75. The molecule has 0 saturated heterocycles.